The van der Waals surface area contributed by atoms with Crippen LogP contribution >= 0.6 is 0 Å². The highest BCUT2D eigenvalue weighted by Gasteiger charge is 2.12. The third-order valence-electron chi connectivity index (χ3n) is 2.98. The molecule has 1 aromatic rings. The van der Waals surface area contributed by atoms with Crippen molar-refractivity contribution in [2.75, 3.05) is 18.4 Å². The molecule has 5 heteroatoms. The first-order valence-corrected chi connectivity index (χ1v) is 7.36. The van der Waals surface area contributed by atoms with Crippen LogP contribution in [0.25, 0.3) is 0 Å². The first-order valence-electron chi connectivity index (χ1n) is 7.36. The number of benzene rings is 1. The van der Waals surface area contributed by atoms with E-state index in [4.69, 9.17) is 0 Å². The average molecular weight is 291 g/mol. The number of carbonyl (C=O) groups excluding carboxylic acids is 2. The minimum Gasteiger partial charge on any atom is -0.350 e. The smallest absolute Gasteiger partial charge is 0.251 e. The number of anilines is 1. The van der Waals surface area contributed by atoms with Crippen molar-refractivity contribution in [2.24, 2.45) is 5.92 Å². The maximum Gasteiger partial charge on any atom is 0.251 e. The number of hydrogen-bond donors (Lipinski definition) is 3. The second-order valence-electron chi connectivity index (χ2n) is 5.40. The average Bonchev–Trinajstić information content (AvgIpc) is 2.44. The zero-order valence-corrected chi connectivity index (χ0v) is 13.2. The molecular weight excluding hydrogens is 266 g/mol. The molecule has 1 rings (SSSR count). The molecule has 0 saturated carbocycles. The van der Waals surface area contributed by atoms with Gasteiger partial charge in [0, 0.05) is 29.8 Å². The summed E-state index contributed by atoms with van der Waals surface area (Å²) in [6.07, 6.45) is 0. The molecule has 0 aliphatic heterocycles. The lowest BCUT2D eigenvalue weighted by molar-refractivity contribution is -0.119. The summed E-state index contributed by atoms with van der Waals surface area (Å²) in [6, 6.07) is 7.01. The highest BCUT2D eigenvalue weighted by atomic mass is 16.2. The number of nitrogens with one attached hydrogen (secondary N) is 3. The summed E-state index contributed by atoms with van der Waals surface area (Å²) in [5, 5.41) is 8.82. The first-order chi connectivity index (χ1) is 9.93. The molecule has 21 heavy (non-hydrogen) atoms. The maximum atomic E-state index is 12.0. The first kappa shape index (κ1) is 17.2. The van der Waals surface area contributed by atoms with Crippen LogP contribution in [0.2, 0.25) is 0 Å². The zero-order valence-electron chi connectivity index (χ0n) is 13.2. The van der Waals surface area contributed by atoms with Crippen molar-refractivity contribution < 1.29 is 9.59 Å². The Morgan fingerprint density at radius 2 is 1.71 bits per heavy atom. The van der Waals surface area contributed by atoms with Gasteiger partial charge in [-0.25, -0.2) is 0 Å². The highest BCUT2D eigenvalue weighted by Crippen LogP contribution is 2.11. The molecule has 0 heterocycles. The molecule has 5 nitrogen and oxygen atoms in total. The highest BCUT2D eigenvalue weighted by molar-refractivity contribution is 5.96. The van der Waals surface area contributed by atoms with Gasteiger partial charge >= 0.3 is 0 Å². The van der Waals surface area contributed by atoms with E-state index in [1.54, 1.807) is 24.3 Å². The fraction of sp³-hybridized carbons (Fsp3) is 0.500. The second kappa shape index (κ2) is 8.42. The molecule has 0 bridgehead atoms. The molecule has 0 radical (unpaired) electrons. The molecule has 0 fully saturated rings. The van der Waals surface area contributed by atoms with E-state index in [9.17, 15) is 9.59 Å². The Labute approximate surface area is 126 Å². The summed E-state index contributed by atoms with van der Waals surface area (Å²) in [7, 11) is 0. The molecular formula is C16H25N3O2. The normalized spacial score (nSPS) is 12.0. The number of carbonyl (C=O) groups is 2. The Kier molecular flexibility index (Phi) is 6.88. The van der Waals surface area contributed by atoms with Crippen molar-refractivity contribution >= 4 is 17.5 Å². The predicted molar refractivity (Wildman–Crippen MR) is 85.4 cm³/mol. The summed E-state index contributed by atoms with van der Waals surface area (Å²) in [6.45, 7) is 9.21. The van der Waals surface area contributed by atoms with Crippen LogP contribution in [0.4, 0.5) is 5.69 Å². The van der Waals surface area contributed by atoms with E-state index in [0.717, 1.165) is 6.54 Å². The summed E-state index contributed by atoms with van der Waals surface area (Å²) < 4.78 is 0. The van der Waals surface area contributed by atoms with E-state index < -0.39 is 0 Å². The molecule has 0 spiro atoms. The van der Waals surface area contributed by atoms with Crippen LogP contribution in [-0.4, -0.2) is 30.9 Å². The number of hydrogen-bond acceptors (Lipinski definition) is 3. The lowest BCUT2D eigenvalue weighted by atomic mass is 10.1. The zero-order chi connectivity index (χ0) is 15.8. The third-order valence-corrected chi connectivity index (χ3v) is 2.98. The Hall–Kier alpha value is -1.88. The van der Waals surface area contributed by atoms with Gasteiger partial charge in [0.1, 0.15) is 0 Å². The van der Waals surface area contributed by atoms with Gasteiger partial charge in [0.25, 0.3) is 5.91 Å². The molecule has 1 aromatic carbocycles. The largest absolute Gasteiger partial charge is 0.350 e. The summed E-state index contributed by atoms with van der Waals surface area (Å²) in [5.41, 5.74) is 1.28. The van der Waals surface area contributed by atoms with E-state index in [2.05, 4.69) is 16.0 Å². The SMILES string of the molecule is CCNCC(C)C(=O)Nc1ccc(C(=O)NC(C)C)cc1. The molecule has 3 N–H and O–H groups in total. The summed E-state index contributed by atoms with van der Waals surface area (Å²) in [4.78, 5) is 23.8. The molecule has 0 aliphatic carbocycles. The van der Waals surface area contributed by atoms with Gasteiger partial charge in [-0.05, 0) is 44.7 Å². The van der Waals surface area contributed by atoms with Crippen molar-refractivity contribution in [3.05, 3.63) is 29.8 Å². The van der Waals surface area contributed by atoms with E-state index in [1.165, 1.54) is 0 Å². The van der Waals surface area contributed by atoms with E-state index in [-0.39, 0.29) is 23.8 Å². The lowest BCUT2D eigenvalue weighted by Gasteiger charge is -2.13. The van der Waals surface area contributed by atoms with Gasteiger partial charge in [-0.2, -0.15) is 0 Å². The fourth-order valence-electron chi connectivity index (χ4n) is 1.77. The Morgan fingerprint density at radius 1 is 1.10 bits per heavy atom. The fourth-order valence-corrected chi connectivity index (χ4v) is 1.77. The van der Waals surface area contributed by atoms with Crippen LogP contribution in [-0.2, 0) is 4.79 Å². The van der Waals surface area contributed by atoms with E-state index >= 15 is 0 Å². The predicted octanol–water partition coefficient (Wildman–Crippen LogP) is 2.01. The van der Waals surface area contributed by atoms with Gasteiger partial charge in [0.2, 0.25) is 5.91 Å². The van der Waals surface area contributed by atoms with Crippen molar-refractivity contribution in [3.63, 3.8) is 0 Å². The van der Waals surface area contributed by atoms with E-state index in [1.807, 2.05) is 27.7 Å². The van der Waals surface area contributed by atoms with Crippen LogP contribution in [0, 0.1) is 5.92 Å². The molecule has 0 aromatic heterocycles. The number of rotatable bonds is 7. The second-order valence-corrected chi connectivity index (χ2v) is 5.40. The Morgan fingerprint density at radius 3 is 2.24 bits per heavy atom. The maximum absolute atomic E-state index is 12.0. The van der Waals surface area contributed by atoms with Gasteiger partial charge in [0.05, 0.1) is 0 Å². The van der Waals surface area contributed by atoms with E-state index in [0.29, 0.717) is 17.8 Å². The third kappa shape index (κ3) is 5.95. The van der Waals surface area contributed by atoms with Crippen LogP contribution in [0.15, 0.2) is 24.3 Å². The van der Waals surface area contributed by atoms with Crippen LogP contribution in [0.5, 0.6) is 0 Å². The molecule has 0 saturated heterocycles. The Bertz CT molecular complexity index is 469. The van der Waals surface area contributed by atoms with Gasteiger partial charge in [-0.1, -0.05) is 13.8 Å². The van der Waals surface area contributed by atoms with Crippen molar-refractivity contribution in [3.8, 4) is 0 Å². The lowest BCUT2D eigenvalue weighted by Crippen LogP contribution is -2.30. The van der Waals surface area contributed by atoms with Gasteiger partial charge in [-0.15, -0.1) is 0 Å². The van der Waals surface area contributed by atoms with Crippen molar-refractivity contribution in [1.82, 2.24) is 10.6 Å². The van der Waals surface area contributed by atoms with Crippen LogP contribution in [0.3, 0.4) is 0 Å². The quantitative estimate of drug-likeness (QED) is 0.719. The summed E-state index contributed by atoms with van der Waals surface area (Å²) >= 11 is 0. The Balaban J connectivity index is 2.58. The van der Waals surface area contributed by atoms with Crippen LogP contribution < -0.4 is 16.0 Å². The molecule has 2 amide bonds. The van der Waals surface area contributed by atoms with Gasteiger partial charge < -0.3 is 16.0 Å². The minimum absolute atomic E-state index is 0.0321. The molecule has 1 unspecified atom stereocenters. The molecule has 116 valence electrons. The standard InChI is InChI=1S/C16H25N3O2/c1-5-17-10-12(4)15(20)19-14-8-6-13(7-9-14)16(21)18-11(2)3/h6-9,11-12,17H,5,10H2,1-4H3,(H,18,21)(H,19,20). The van der Waals surface area contributed by atoms with Gasteiger partial charge in [0.15, 0.2) is 0 Å². The summed E-state index contributed by atoms with van der Waals surface area (Å²) in [5.74, 6) is -0.243. The molecule has 1 atom stereocenters. The van der Waals surface area contributed by atoms with Crippen molar-refractivity contribution in [2.45, 2.75) is 33.7 Å². The topological polar surface area (TPSA) is 70.2 Å². The molecule has 0 aliphatic rings. The van der Waals surface area contributed by atoms with Crippen molar-refractivity contribution in [1.29, 1.82) is 0 Å². The minimum atomic E-state index is -0.108. The monoisotopic (exact) mass is 291 g/mol. The number of amides is 2. The van der Waals surface area contributed by atoms with Gasteiger partial charge in [-0.3, -0.25) is 9.59 Å². The van der Waals surface area contributed by atoms with Crippen LogP contribution in [0.1, 0.15) is 38.1 Å².